The van der Waals surface area contributed by atoms with Gasteiger partial charge in [0, 0.05) is 22.4 Å². The van der Waals surface area contributed by atoms with Crippen LogP contribution in [0, 0.1) is 0 Å². The summed E-state index contributed by atoms with van der Waals surface area (Å²) in [7, 11) is 0. The number of hydrogen-bond donors (Lipinski definition) is 1. The summed E-state index contributed by atoms with van der Waals surface area (Å²) in [5, 5.41) is 2.94. The molecular formula is C15H14F3N3S. The van der Waals surface area contributed by atoms with E-state index in [4.69, 9.17) is 0 Å². The SMILES string of the molecule is FC(F)(F)c1ccnc(NCC2(Sc3ccccc3)CC2)n1. The molecule has 1 saturated carbocycles. The maximum absolute atomic E-state index is 12.6. The van der Waals surface area contributed by atoms with Gasteiger partial charge in [0.2, 0.25) is 5.95 Å². The van der Waals surface area contributed by atoms with Gasteiger partial charge in [-0.2, -0.15) is 13.2 Å². The molecule has 3 rings (SSSR count). The molecule has 0 radical (unpaired) electrons. The van der Waals surface area contributed by atoms with Crippen LogP contribution in [0.4, 0.5) is 19.1 Å². The lowest BCUT2D eigenvalue weighted by Gasteiger charge is -2.16. The molecule has 1 heterocycles. The van der Waals surface area contributed by atoms with Crippen LogP contribution in [0.3, 0.4) is 0 Å². The zero-order valence-electron chi connectivity index (χ0n) is 11.6. The van der Waals surface area contributed by atoms with Crippen LogP contribution < -0.4 is 5.32 Å². The average Bonchev–Trinajstić information content (AvgIpc) is 3.26. The first-order chi connectivity index (χ1) is 10.5. The Hall–Kier alpha value is -1.76. The zero-order chi connectivity index (χ0) is 15.6. The van der Waals surface area contributed by atoms with Crippen molar-refractivity contribution in [1.82, 2.24) is 9.97 Å². The topological polar surface area (TPSA) is 37.8 Å². The summed E-state index contributed by atoms with van der Waals surface area (Å²) in [6.45, 7) is 0.549. The zero-order valence-corrected chi connectivity index (χ0v) is 12.4. The Kier molecular flexibility index (Phi) is 3.99. The third-order valence-electron chi connectivity index (χ3n) is 3.40. The Morgan fingerprint density at radius 1 is 1.14 bits per heavy atom. The van der Waals surface area contributed by atoms with Crippen molar-refractivity contribution in [2.24, 2.45) is 0 Å². The van der Waals surface area contributed by atoms with Crippen molar-refractivity contribution >= 4 is 17.7 Å². The predicted molar refractivity (Wildman–Crippen MR) is 79.8 cm³/mol. The second-order valence-electron chi connectivity index (χ2n) is 5.21. The molecule has 0 saturated heterocycles. The molecule has 116 valence electrons. The van der Waals surface area contributed by atoms with Crippen LogP contribution in [-0.4, -0.2) is 21.3 Å². The fraction of sp³-hybridized carbons (Fsp3) is 0.333. The molecule has 1 aliphatic carbocycles. The first-order valence-corrected chi connectivity index (χ1v) is 7.67. The number of thioether (sulfide) groups is 1. The van der Waals surface area contributed by atoms with E-state index in [1.54, 1.807) is 11.8 Å². The highest BCUT2D eigenvalue weighted by atomic mass is 32.2. The normalized spacial score (nSPS) is 16.3. The molecule has 22 heavy (non-hydrogen) atoms. The number of alkyl halides is 3. The van der Waals surface area contributed by atoms with Gasteiger partial charge in [-0.25, -0.2) is 9.97 Å². The van der Waals surface area contributed by atoms with Crippen molar-refractivity contribution in [3.8, 4) is 0 Å². The lowest BCUT2D eigenvalue weighted by molar-refractivity contribution is -0.141. The summed E-state index contributed by atoms with van der Waals surface area (Å²) in [6.07, 6.45) is -1.27. The van der Waals surface area contributed by atoms with E-state index in [0.29, 0.717) is 6.54 Å². The number of benzene rings is 1. The minimum Gasteiger partial charge on any atom is -0.353 e. The van der Waals surface area contributed by atoms with E-state index in [9.17, 15) is 13.2 Å². The fourth-order valence-corrected chi connectivity index (χ4v) is 3.28. The third kappa shape index (κ3) is 3.71. The summed E-state index contributed by atoms with van der Waals surface area (Å²) in [6, 6.07) is 10.8. The van der Waals surface area contributed by atoms with Gasteiger partial charge in [-0.05, 0) is 31.0 Å². The second-order valence-corrected chi connectivity index (χ2v) is 6.76. The standard InChI is InChI=1S/C15H14F3N3S/c16-15(17,18)12-6-9-19-13(21-12)20-10-14(7-8-14)22-11-4-2-1-3-5-11/h1-6,9H,7-8,10H2,(H,19,20,21). The molecule has 0 unspecified atom stereocenters. The number of anilines is 1. The summed E-state index contributed by atoms with van der Waals surface area (Å²) >= 11 is 1.75. The molecule has 1 fully saturated rings. The van der Waals surface area contributed by atoms with Gasteiger partial charge in [0.25, 0.3) is 0 Å². The number of aromatic nitrogens is 2. The number of rotatable bonds is 5. The van der Waals surface area contributed by atoms with Gasteiger partial charge in [-0.15, -0.1) is 11.8 Å². The van der Waals surface area contributed by atoms with Gasteiger partial charge in [-0.3, -0.25) is 0 Å². The summed E-state index contributed by atoms with van der Waals surface area (Å²) in [5.41, 5.74) is -0.925. The predicted octanol–water partition coefficient (Wildman–Crippen LogP) is 4.23. The van der Waals surface area contributed by atoms with Gasteiger partial charge < -0.3 is 5.32 Å². The highest BCUT2D eigenvalue weighted by Gasteiger charge is 2.43. The highest BCUT2D eigenvalue weighted by molar-refractivity contribution is 8.01. The Morgan fingerprint density at radius 2 is 1.86 bits per heavy atom. The quantitative estimate of drug-likeness (QED) is 0.892. The van der Waals surface area contributed by atoms with Crippen molar-refractivity contribution in [2.45, 2.75) is 28.7 Å². The molecule has 0 aliphatic heterocycles. The highest BCUT2D eigenvalue weighted by Crippen LogP contribution is 2.51. The molecule has 1 aromatic heterocycles. The first kappa shape index (κ1) is 15.1. The molecule has 0 amide bonds. The molecule has 0 spiro atoms. The van der Waals surface area contributed by atoms with Crippen LogP contribution >= 0.6 is 11.8 Å². The number of halogens is 3. The molecule has 3 nitrogen and oxygen atoms in total. The first-order valence-electron chi connectivity index (χ1n) is 6.85. The second kappa shape index (κ2) is 5.79. The van der Waals surface area contributed by atoms with E-state index in [-0.39, 0.29) is 10.7 Å². The van der Waals surface area contributed by atoms with E-state index in [1.807, 2.05) is 30.3 Å². The van der Waals surface area contributed by atoms with Crippen LogP contribution in [0.2, 0.25) is 0 Å². The van der Waals surface area contributed by atoms with Crippen molar-refractivity contribution < 1.29 is 13.2 Å². The summed E-state index contributed by atoms with van der Waals surface area (Å²) in [5.74, 6) is 0.0229. The minimum absolute atomic E-state index is 0.0229. The van der Waals surface area contributed by atoms with Gasteiger partial charge in [0.15, 0.2) is 0 Å². The van der Waals surface area contributed by atoms with Crippen LogP contribution in [0.1, 0.15) is 18.5 Å². The lowest BCUT2D eigenvalue weighted by atomic mass is 10.4. The molecule has 0 atom stereocenters. The molecule has 1 N–H and O–H groups in total. The largest absolute Gasteiger partial charge is 0.433 e. The van der Waals surface area contributed by atoms with Gasteiger partial charge >= 0.3 is 6.18 Å². The fourth-order valence-electron chi connectivity index (χ4n) is 2.03. The maximum Gasteiger partial charge on any atom is 0.433 e. The van der Waals surface area contributed by atoms with E-state index < -0.39 is 11.9 Å². The monoisotopic (exact) mass is 325 g/mol. The van der Waals surface area contributed by atoms with Crippen molar-refractivity contribution in [1.29, 1.82) is 0 Å². The van der Waals surface area contributed by atoms with E-state index in [0.717, 1.165) is 30.0 Å². The van der Waals surface area contributed by atoms with Crippen molar-refractivity contribution in [3.05, 3.63) is 48.3 Å². The molecule has 1 aliphatic rings. The van der Waals surface area contributed by atoms with Crippen LogP contribution in [0.25, 0.3) is 0 Å². The Bertz CT molecular complexity index is 642. The maximum atomic E-state index is 12.6. The van der Waals surface area contributed by atoms with Crippen molar-refractivity contribution in [2.75, 3.05) is 11.9 Å². The smallest absolute Gasteiger partial charge is 0.353 e. The summed E-state index contributed by atoms with van der Waals surface area (Å²) in [4.78, 5) is 8.54. The Morgan fingerprint density at radius 3 is 2.50 bits per heavy atom. The third-order valence-corrected chi connectivity index (χ3v) is 4.89. The molecule has 7 heteroatoms. The van der Waals surface area contributed by atoms with Crippen LogP contribution in [-0.2, 0) is 6.18 Å². The van der Waals surface area contributed by atoms with Crippen LogP contribution in [0.5, 0.6) is 0 Å². The molecule has 1 aromatic carbocycles. The number of nitrogens with zero attached hydrogens (tertiary/aromatic N) is 2. The van der Waals surface area contributed by atoms with E-state index in [1.165, 1.54) is 0 Å². The van der Waals surface area contributed by atoms with Gasteiger partial charge in [0.1, 0.15) is 5.69 Å². The average molecular weight is 325 g/mol. The Balaban J connectivity index is 1.63. The van der Waals surface area contributed by atoms with Gasteiger partial charge in [0.05, 0.1) is 0 Å². The van der Waals surface area contributed by atoms with E-state index >= 15 is 0 Å². The van der Waals surface area contributed by atoms with Crippen LogP contribution in [0.15, 0.2) is 47.5 Å². The molecular weight excluding hydrogens is 311 g/mol. The Labute approximate surface area is 130 Å². The number of nitrogens with one attached hydrogen (secondary N) is 1. The summed E-state index contributed by atoms with van der Waals surface area (Å²) < 4.78 is 37.9. The minimum atomic E-state index is -4.45. The number of hydrogen-bond acceptors (Lipinski definition) is 4. The van der Waals surface area contributed by atoms with E-state index in [2.05, 4.69) is 15.3 Å². The van der Waals surface area contributed by atoms with Gasteiger partial charge in [-0.1, -0.05) is 18.2 Å². The lowest BCUT2D eigenvalue weighted by Crippen LogP contribution is -2.20. The van der Waals surface area contributed by atoms with Crippen molar-refractivity contribution in [3.63, 3.8) is 0 Å². The molecule has 0 bridgehead atoms. The molecule has 2 aromatic rings.